The molecule has 0 bridgehead atoms. The van der Waals surface area contributed by atoms with Crippen LogP contribution < -0.4 is 0 Å². The van der Waals surface area contributed by atoms with Crippen LogP contribution in [0.3, 0.4) is 0 Å². The van der Waals surface area contributed by atoms with Crippen LogP contribution in [0.2, 0.25) is 0 Å². The van der Waals surface area contributed by atoms with E-state index in [1.165, 1.54) is 12.8 Å². The summed E-state index contributed by atoms with van der Waals surface area (Å²) in [4.78, 5) is 15.3. The molecule has 2 rings (SSSR count). The van der Waals surface area contributed by atoms with Crippen molar-refractivity contribution < 1.29 is 9.90 Å². The number of hydrogen-bond donors (Lipinski definition) is 1. The molecule has 116 valence electrons. The van der Waals surface area contributed by atoms with Crippen molar-refractivity contribution in [1.29, 1.82) is 0 Å². The zero-order valence-electron chi connectivity index (χ0n) is 12.9. The Kier molecular flexibility index (Phi) is 6.12. The van der Waals surface area contributed by atoms with Gasteiger partial charge in [0.15, 0.2) is 0 Å². The third kappa shape index (κ3) is 4.75. The number of aliphatic hydroxyl groups excluding tert-OH is 1. The first-order valence-corrected chi connectivity index (χ1v) is 8.67. The standard InChI is InChI=1S/C17H25NO2S/c1-13-3-7-15(8-4-13)18(2)17(20)12-21-16-9-5-14(11-19)6-10-16/h5-6,9-10,13,15,19H,3-4,7-8,11-12H2,1-2H3. The zero-order valence-corrected chi connectivity index (χ0v) is 13.7. The number of rotatable bonds is 5. The summed E-state index contributed by atoms with van der Waals surface area (Å²) in [7, 11) is 1.94. The van der Waals surface area contributed by atoms with E-state index in [1.807, 2.05) is 36.2 Å². The van der Waals surface area contributed by atoms with Gasteiger partial charge in [0.1, 0.15) is 0 Å². The zero-order chi connectivity index (χ0) is 15.2. The van der Waals surface area contributed by atoms with Crippen LogP contribution in [0.15, 0.2) is 29.2 Å². The van der Waals surface area contributed by atoms with E-state index in [-0.39, 0.29) is 12.5 Å². The Labute approximate surface area is 131 Å². The lowest BCUT2D eigenvalue weighted by atomic mass is 9.87. The molecular formula is C17H25NO2S. The van der Waals surface area contributed by atoms with Crippen molar-refractivity contribution in [2.45, 2.75) is 50.2 Å². The number of amides is 1. The van der Waals surface area contributed by atoms with Gasteiger partial charge in [-0.15, -0.1) is 11.8 Å². The molecule has 1 aromatic carbocycles. The van der Waals surface area contributed by atoms with Crippen molar-refractivity contribution in [3.05, 3.63) is 29.8 Å². The maximum Gasteiger partial charge on any atom is 0.232 e. The molecule has 21 heavy (non-hydrogen) atoms. The van der Waals surface area contributed by atoms with Crippen molar-refractivity contribution in [2.75, 3.05) is 12.8 Å². The van der Waals surface area contributed by atoms with E-state index in [9.17, 15) is 4.79 Å². The first-order chi connectivity index (χ1) is 10.1. The maximum absolute atomic E-state index is 12.3. The Morgan fingerprint density at radius 1 is 1.24 bits per heavy atom. The van der Waals surface area contributed by atoms with Gasteiger partial charge in [0.05, 0.1) is 12.4 Å². The third-order valence-corrected chi connectivity index (χ3v) is 5.39. The van der Waals surface area contributed by atoms with Gasteiger partial charge >= 0.3 is 0 Å². The Morgan fingerprint density at radius 2 is 1.86 bits per heavy atom. The third-order valence-electron chi connectivity index (χ3n) is 4.39. The molecule has 1 aliphatic carbocycles. The predicted octanol–water partition coefficient (Wildman–Crippen LogP) is 3.31. The van der Waals surface area contributed by atoms with E-state index in [0.717, 1.165) is 29.2 Å². The topological polar surface area (TPSA) is 40.5 Å². The number of nitrogens with zero attached hydrogens (tertiary/aromatic N) is 1. The van der Waals surface area contributed by atoms with E-state index in [0.29, 0.717) is 11.8 Å². The number of thioether (sulfide) groups is 1. The van der Waals surface area contributed by atoms with Crippen LogP contribution in [-0.2, 0) is 11.4 Å². The highest BCUT2D eigenvalue weighted by atomic mass is 32.2. The smallest absolute Gasteiger partial charge is 0.232 e. The second kappa shape index (κ2) is 7.85. The molecule has 0 aromatic heterocycles. The number of benzene rings is 1. The van der Waals surface area contributed by atoms with E-state index < -0.39 is 0 Å². The van der Waals surface area contributed by atoms with Crippen molar-refractivity contribution in [3.8, 4) is 0 Å². The highest BCUT2D eigenvalue weighted by Crippen LogP contribution is 2.27. The molecule has 1 aliphatic rings. The number of aliphatic hydroxyl groups is 1. The highest BCUT2D eigenvalue weighted by molar-refractivity contribution is 8.00. The van der Waals surface area contributed by atoms with Gasteiger partial charge in [-0.2, -0.15) is 0 Å². The Morgan fingerprint density at radius 3 is 2.43 bits per heavy atom. The molecule has 0 unspecified atom stereocenters. The predicted molar refractivity (Wildman–Crippen MR) is 87.3 cm³/mol. The molecular weight excluding hydrogens is 282 g/mol. The van der Waals surface area contributed by atoms with E-state index >= 15 is 0 Å². The minimum Gasteiger partial charge on any atom is -0.392 e. The summed E-state index contributed by atoms with van der Waals surface area (Å²) in [5.74, 6) is 1.51. The fourth-order valence-corrected chi connectivity index (χ4v) is 3.59. The normalized spacial score (nSPS) is 22.0. The minimum atomic E-state index is 0.0622. The van der Waals surface area contributed by atoms with Gasteiger partial charge in [0.2, 0.25) is 5.91 Å². The molecule has 4 heteroatoms. The molecule has 3 nitrogen and oxygen atoms in total. The van der Waals surface area contributed by atoms with Gasteiger partial charge in [-0.25, -0.2) is 0 Å². The molecule has 0 atom stereocenters. The summed E-state index contributed by atoms with van der Waals surface area (Å²) in [5, 5.41) is 9.01. The summed E-state index contributed by atoms with van der Waals surface area (Å²) in [5.41, 5.74) is 0.902. The minimum absolute atomic E-state index is 0.0622. The molecule has 0 radical (unpaired) electrons. The van der Waals surface area contributed by atoms with Crippen molar-refractivity contribution in [2.24, 2.45) is 5.92 Å². The maximum atomic E-state index is 12.3. The average molecular weight is 307 g/mol. The Hall–Kier alpha value is -1.00. The van der Waals surface area contributed by atoms with Crippen LogP contribution in [-0.4, -0.2) is 34.8 Å². The summed E-state index contributed by atoms with van der Waals surface area (Å²) in [6.07, 6.45) is 4.74. The van der Waals surface area contributed by atoms with Crippen LogP contribution >= 0.6 is 11.8 Å². The fraction of sp³-hybridized carbons (Fsp3) is 0.588. The number of carbonyl (C=O) groups excluding carboxylic acids is 1. The van der Waals surface area contributed by atoms with Gasteiger partial charge in [-0.1, -0.05) is 19.1 Å². The SMILES string of the molecule is CC1CCC(N(C)C(=O)CSc2ccc(CO)cc2)CC1. The van der Waals surface area contributed by atoms with Crippen LogP contribution in [0, 0.1) is 5.92 Å². The molecule has 1 amide bonds. The lowest BCUT2D eigenvalue weighted by molar-refractivity contribution is -0.129. The fourth-order valence-electron chi connectivity index (χ4n) is 2.77. The lowest BCUT2D eigenvalue weighted by Gasteiger charge is -2.33. The second-order valence-corrected chi connectivity index (χ2v) is 7.06. The Balaban J connectivity index is 1.80. The van der Waals surface area contributed by atoms with Gasteiger partial charge in [-0.05, 0) is 49.3 Å². The first-order valence-electron chi connectivity index (χ1n) is 7.68. The Bertz CT molecular complexity index is 452. The van der Waals surface area contributed by atoms with E-state index in [4.69, 9.17) is 5.11 Å². The van der Waals surface area contributed by atoms with Gasteiger partial charge in [0, 0.05) is 18.0 Å². The summed E-state index contributed by atoms with van der Waals surface area (Å²) >= 11 is 1.57. The number of hydrogen-bond acceptors (Lipinski definition) is 3. The summed E-state index contributed by atoms with van der Waals surface area (Å²) < 4.78 is 0. The van der Waals surface area contributed by atoms with E-state index in [2.05, 4.69) is 6.92 Å². The molecule has 0 aliphatic heterocycles. The number of carbonyl (C=O) groups is 1. The van der Waals surface area contributed by atoms with E-state index in [1.54, 1.807) is 11.8 Å². The lowest BCUT2D eigenvalue weighted by Crippen LogP contribution is -2.40. The molecule has 1 aromatic rings. The van der Waals surface area contributed by atoms with Crippen molar-refractivity contribution in [1.82, 2.24) is 4.90 Å². The second-order valence-electron chi connectivity index (χ2n) is 6.01. The van der Waals surface area contributed by atoms with Crippen LogP contribution in [0.4, 0.5) is 0 Å². The molecule has 1 saturated carbocycles. The highest BCUT2D eigenvalue weighted by Gasteiger charge is 2.24. The van der Waals surface area contributed by atoms with Crippen LogP contribution in [0.25, 0.3) is 0 Å². The summed E-state index contributed by atoms with van der Waals surface area (Å²) in [6, 6.07) is 8.15. The van der Waals surface area contributed by atoms with Crippen LogP contribution in [0.1, 0.15) is 38.2 Å². The average Bonchev–Trinajstić information content (AvgIpc) is 2.53. The molecule has 0 heterocycles. The molecule has 0 saturated heterocycles. The first kappa shape index (κ1) is 16.4. The molecule has 1 fully saturated rings. The quantitative estimate of drug-likeness (QED) is 0.849. The van der Waals surface area contributed by atoms with Gasteiger partial charge in [0.25, 0.3) is 0 Å². The summed E-state index contributed by atoms with van der Waals surface area (Å²) in [6.45, 7) is 2.36. The van der Waals surface area contributed by atoms with Crippen LogP contribution in [0.5, 0.6) is 0 Å². The van der Waals surface area contributed by atoms with Gasteiger partial charge < -0.3 is 10.0 Å². The molecule has 1 N–H and O–H groups in total. The largest absolute Gasteiger partial charge is 0.392 e. The van der Waals surface area contributed by atoms with Crippen molar-refractivity contribution >= 4 is 17.7 Å². The molecule has 0 spiro atoms. The van der Waals surface area contributed by atoms with Gasteiger partial charge in [-0.3, -0.25) is 4.79 Å². The monoisotopic (exact) mass is 307 g/mol. The van der Waals surface area contributed by atoms with Crippen molar-refractivity contribution in [3.63, 3.8) is 0 Å².